The van der Waals surface area contributed by atoms with Gasteiger partial charge in [0.25, 0.3) is 10.0 Å². The molecule has 0 bridgehead atoms. The highest BCUT2D eigenvalue weighted by atomic mass is 32.2. The van der Waals surface area contributed by atoms with Crippen molar-refractivity contribution in [1.82, 2.24) is 19.8 Å². The summed E-state index contributed by atoms with van der Waals surface area (Å²) in [5, 5.41) is 9.77. The van der Waals surface area contributed by atoms with Crippen LogP contribution in [0.15, 0.2) is 11.2 Å². The second kappa shape index (κ2) is 7.62. The molecule has 0 radical (unpaired) electrons. The van der Waals surface area contributed by atoms with Gasteiger partial charge in [-0.15, -0.1) is 0 Å². The molecule has 0 aromatic carbocycles. The highest BCUT2D eigenvalue weighted by Crippen LogP contribution is 2.16. The van der Waals surface area contributed by atoms with Crippen LogP contribution in [-0.4, -0.2) is 43.1 Å². The first-order valence-corrected chi connectivity index (χ1v) is 8.17. The van der Waals surface area contributed by atoms with Gasteiger partial charge in [-0.2, -0.15) is 9.40 Å². The second-order valence-electron chi connectivity index (χ2n) is 4.54. The summed E-state index contributed by atoms with van der Waals surface area (Å²) in [6, 6.07) is 0. The molecule has 0 fully saturated rings. The summed E-state index contributed by atoms with van der Waals surface area (Å²) in [5.74, 6) is 0. The van der Waals surface area contributed by atoms with E-state index in [1.54, 1.807) is 13.2 Å². The van der Waals surface area contributed by atoms with Crippen LogP contribution >= 0.6 is 0 Å². The van der Waals surface area contributed by atoms with Gasteiger partial charge in [-0.05, 0) is 13.0 Å². The summed E-state index contributed by atoms with van der Waals surface area (Å²) in [6.45, 7) is 5.90. The molecule has 0 saturated carbocycles. The fraction of sp³-hybridized carbons (Fsp3) is 0.750. The Morgan fingerprint density at radius 2 is 2.11 bits per heavy atom. The van der Waals surface area contributed by atoms with Gasteiger partial charge in [-0.1, -0.05) is 26.7 Å². The monoisotopic (exact) mass is 288 g/mol. The molecule has 6 nitrogen and oxygen atoms in total. The molecule has 0 saturated heterocycles. The molecule has 1 aromatic heterocycles. The molecular weight excluding hydrogens is 264 g/mol. The molecule has 2 N–H and O–H groups in total. The molecule has 0 aliphatic heterocycles. The Bertz CT molecular complexity index is 470. The molecule has 0 aliphatic rings. The van der Waals surface area contributed by atoms with E-state index in [9.17, 15) is 8.42 Å². The number of nitrogens with one attached hydrogen (secondary N) is 2. The standard InChI is InChI=1S/C12H24N4O2S/c1-4-6-7-8-16(3)19(17,18)12-11(9-13-5-2)10-14-15-12/h10,13H,4-9H2,1-3H3,(H,14,15). The summed E-state index contributed by atoms with van der Waals surface area (Å²) >= 11 is 0. The largest absolute Gasteiger partial charge is 0.313 e. The van der Waals surface area contributed by atoms with Crippen molar-refractivity contribution in [3.63, 3.8) is 0 Å². The number of hydrogen-bond acceptors (Lipinski definition) is 4. The second-order valence-corrected chi connectivity index (χ2v) is 6.52. The van der Waals surface area contributed by atoms with Gasteiger partial charge < -0.3 is 5.32 Å². The number of sulfonamides is 1. The summed E-state index contributed by atoms with van der Waals surface area (Å²) in [5.41, 5.74) is 0.684. The molecular formula is C12H24N4O2S. The lowest BCUT2D eigenvalue weighted by Crippen LogP contribution is -2.29. The van der Waals surface area contributed by atoms with E-state index in [0.717, 1.165) is 25.8 Å². The van der Waals surface area contributed by atoms with E-state index in [-0.39, 0.29) is 5.03 Å². The average Bonchev–Trinajstić information content (AvgIpc) is 2.85. The third-order valence-electron chi connectivity index (χ3n) is 2.99. The fourth-order valence-electron chi connectivity index (χ4n) is 1.77. The normalized spacial score (nSPS) is 12.2. The van der Waals surface area contributed by atoms with Gasteiger partial charge in [0.05, 0.1) is 6.20 Å². The number of unbranched alkanes of at least 4 members (excludes halogenated alkanes) is 2. The number of H-pyrrole nitrogens is 1. The van der Waals surface area contributed by atoms with Crippen molar-refractivity contribution in [2.75, 3.05) is 20.1 Å². The van der Waals surface area contributed by atoms with E-state index in [1.807, 2.05) is 6.92 Å². The van der Waals surface area contributed by atoms with Crippen LogP contribution in [0, 0.1) is 0 Å². The lowest BCUT2D eigenvalue weighted by Gasteiger charge is -2.16. The molecule has 110 valence electrons. The maximum Gasteiger partial charge on any atom is 0.260 e. The van der Waals surface area contributed by atoms with Gasteiger partial charge in [0.1, 0.15) is 0 Å². The van der Waals surface area contributed by atoms with Crippen molar-refractivity contribution >= 4 is 10.0 Å². The van der Waals surface area contributed by atoms with Crippen LogP contribution in [0.2, 0.25) is 0 Å². The maximum atomic E-state index is 12.4. The van der Waals surface area contributed by atoms with Crippen molar-refractivity contribution in [2.45, 2.75) is 44.7 Å². The van der Waals surface area contributed by atoms with Gasteiger partial charge in [0, 0.05) is 25.7 Å². The SMILES string of the molecule is CCCCCN(C)S(=O)(=O)c1[nH]ncc1CNCC. The minimum Gasteiger partial charge on any atom is -0.313 e. The molecule has 0 spiro atoms. The Hall–Kier alpha value is -0.920. The molecule has 19 heavy (non-hydrogen) atoms. The van der Waals surface area contributed by atoms with Crippen LogP contribution in [0.4, 0.5) is 0 Å². The Morgan fingerprint density at radius 1 is 1.37 bits per heavy atom. The quantitative estimate of drug-likeness (QED) is 0.672. The third kappa shape index (κ3) is 4.29. The first kappa shape index (κ1) is 16.1. The van der Waals surface area contributed by atoms with Crippen LogP contribution in [-0.2, 0) is 16.6 Å². The highest BCUT2D eigenvalue weighted by Gasteiger charge is 2.25. The first-order chi connectivity index (χ1) is 9.04. The number of rotatable bonds is 9. The van der Waals surface area contributed by atoms with E-state index < -0.39 is 10.0 Å². The lowest BCUT2D eigenvalue weighted by molar-refractivity contribution is 0.450. The Morgan fingerprint density at radius 3 is 2.74 bits per heavy atom. The molecule has 0 aliphatic carbocycles. The summed E-state index contributed by atoms with van der Waals surface area (Å²) < 4.78 is 26.2. The average molecular weight is 288 g/mol. The third-order valence-corrected chi connectivity index (χ3v) is 4.86. The van der Waals surface area contributed by atoms with E-state index in [4.69, 9.17) is 0 Å². The Balaban J connectivity index is 2.78. The smallest absolute Gasteiger partial charge is 0.260 e. The van der Waals surface area contributed by atoms with Crippen molar-refractivity contribution in [1.29, 1.82) is 0 Å². The zero-order valence-corrected chi connectivity index (χ0v) is 12.8. The molecule has 1 heterocycles. The van der Waals surface area contributed by atoms with Gasteiger partial charge in [0.15, 0.2) is 5.03 Å². The van der Waals surface area contributed by atoms with E-state index in [0.29, 0.717) is 18.7 Å². The first-order valence-electron chi connectivity index (χ1n) is 6.73. The van der Waals surface area contributed by atoms with Crippen molar-refractivity contribution in [3.05, 3.63) is 11.8 Å². The molecule has 7 heteroatoms. The number of hydrogen-bond donors (Lipinski definition) is 2. The molecule has 0 atom stereocenters. The summed E-state index contributed by atoms with van der Waals surface area (Å²) in [4.78, 5) is 0. The number of nitrogens with zero attached hydrogens (tertiary/aromatic N) is 2. The van der Waals surface area contributed by atoms with E-state index in [1.165, 1.54) is 4.31 Å². The zero-order valence-electron chi connectivity index (χ0n) is 11.9. The molecule has 0 unspecified atom stereocenters. The number of aromatic nitrogens is 2. The van der Waals surface area contributed by atoms with Crippen molar-refractivity contribution < 1.29 is 8.42 Å². The minimum atomic E-state index is -3.46. The van der Waals surface area contributed by atoms with Crippen LogP contribution in [0.25, 0.3) is 0 Å². The number of aromatic amines is 1. The highest BCUT2D eigenvalue weighted by molar-refractivity contribution is 7.89. The zero-order chi connectivity index (χ0) is 14.3. The van der Waals surface area contributed by atoms with E-state index in [2.05, 4.69) is 22.4 Å². The molecule has 1 rings (SSSR count). The van der Waals surface area contributed by atoms with Gasteiger partial charge in [-0.25, -0.2) is 8.42 Å². The van der Waals surface area contributed by atoms with Crippen LogP contribution in [0.5, 0.6) is 0 Å². The predicted octanol–water partition coefficient (Wildman–Crippen LogP) is 1.33. The minimum absolute atomic E-state index is 0.201. The maximum absolute atomic E-state index is 12.4. The fourth-order valence-corrected chi connectivity index (χ4v) is 3.07. The predicted molar refractivity (Wildman–Crippen MR) is 75.3 cm³/mol. The molecule has 1 aromatic rings. The van der Waals surface area contributed by atoms with Crippen molar-refractivity contribution in [3.8, 4) is 0 Å². The topological polar surface area (TPSA) is 78.1 Å². The summed E-state index contributed by atoms with van der Waals surface area (Å²) in [7, 11) is -1.85. The lowest BCUT2D eigenvalue weighted by atomic mass is 10.2. The van der Waals surface area contributed by atoms with E-state index >= 15 is 0 Å². The van der Waals surface area contributed by atoms with Gasteiger partial charge in [0.2, 0.25) is 0 Å². The Labute approximate surface area is 115 Å². The van der Waals surface area contributed by atoms with Gasteiger partial charge in [-0.3, -0.25) is 5.10 Å². The van der Waals surface area contributed by atoms with Gasteiger partial charge >= 0.3 is 0 Å². The Kier molecular flexibility index (Phi) is 6.47. The van der Waals surface area contributed by atoms with Crippen molar-refractivity contribution in [2.24, 2.45) is 0 Å². The van der Waals surface area contributed by atoms with Crippen LogP contribution in [0.3, 0.4) is 0 Å². The van der Waals surface area contributed by atoms with Crippen LogP contribution in [0.1, 0.15) is 38.7 Å². The summed E-state index contributed by atoms with van der Waals surface area (Å²) in [6.07, 6.45) is 4.55. The molecule has 0 amide bonds. The van der Waals surface area contributed by atoms with Crippen LogP contribution < -0.4 is 5.32 Å².